The number of likely N-dealkylation sites (tertiary alicyclic amines) is 1. The van der Waals surface area contributed by atoms with Crippen LogP contribution < -0.4 is 5.32 Å². The van der Waals surface area contributed by atoms with Gasteiger partial charge in [0.25, 0.3) is 0 Å². The first kappa shape index (κ1) is 20.6. The lowest BCUT2D eigenvalue weighted by atomic mass is 9.73. The summed E-state index contributed by atoms with van der Waals surface area (Å²) in [6.45, 7) is 0.448. The predicted octanol–water partition coefficient (Wildman–Crippen LogP) is 2.54. The van der Waals surface area contributed by atoms with Crippen LogP contribution in [0.25, 0.3) is 0 Å². The first-order valence-electron chi connectivity index (χ1n) is 10.2. The molecule has 0 aliphatic carbocycles. The van der Waals surface area contributed by atoms with Gasteiger partial charge in [-0.1, -0.05) is 48.5 Å². The number of hydrogen-bond donors (Lipinski definition) is 1. The van der Waals surface area contributed by atoms with Crippen molar-refractivity contribution >= 4 is 27.3 Å². The smallest absolute Gasteiger partial charge is 0.237 e. The topological polar surface area (TPSA) is 83.6 Å². The molecule has 2 aromatic carbocycles. The summed E-state index contributed by atoms with van der Waals surface area (Å²) in [5, 5.41) is 3.00. The number of para-hydroxylation sites is 1. The van der Waals surface area contributed by atoms with Gasteiger partial charge < -0.3 is 10.2 Å². The highest BCUT2D eigenvalue weighted by Gasteiger charge is 2.58. The van der Waals surface area contributed by atoms with E-state index in [2.05, 4.69) is 5.32 Å². The molecule has 2 aliphatic heterocycles. The number of nitrogens with one attached hydrogen (secondary N) is 1. The van der Waals surface area contributed by atoms with Crippen LogP contribution in [0.1, 0.15) is 30.4 Å². The van der Waals surface area contributed by atoms with E-state index in [0.29, 0.717) is 19.4 Å². The van der Waals surface area contributed by atoms with Crippen LogP contribution in [0, 0.1) is 0 Å². The Kier molecular flexibility index (Phi) is 5.40. The van der Waals surface area contributed by atoms with Gasteiger partial charge in [0.05, 0.1) is 17.2 Å². The fourth-order valence-electron chi connectivity index (χ4n) is 4.87. The zero-order valence-electron chi connectivity index (χ0n) is 17.0. The Morgan fingerprint density at radius 1 is 1.13 bits per heavy atom. The Labute approximate surface area is 177 Å². The molecule has 0 aromatic heterocycles. The number of aryl methyl sites for hydroxylation is 1. The number of carbonyl (C=O) groups is 2. The SMILES string of the molecule is CS(=O)(=O)CCC(=O)N1CC[C@@]2(C(=O)Nc3ccccc32)[C@@H]1CCc1ccccc1. The van der Waals surface area contributed by atoms with E-state index in [9.17, 15) is 18.0 Å². The van der Waals surface area contributed by atoms with E-state index in [1.165, 1.54) is 0 Å². The molecule has 4 rings (SSSR count). The van der Waals surface area contributed by atoms with Gasteiger partial charge in [0.15, 0.2) is 0 Å². The summed E-state index contributed by atoms with van der Waals surface area (Å²) in [6.07, 6.45) is 2.99. The molecule has 1 saturated heterocycles. The maximum atomic E-state index is 13.2. The molecule has 0 bridgehead atoms. The van der Waals surface area contributed by atoms with E-state index in [-0.39, 0.29) is 30.0 Å². The van der Waals surface area contributed by atoms with Crippen molar-refractivity contribution in [2.24, 2.45) is 0 Å². The van der Waals surface area contributed by atoms with Crippen LogP contribution in [-0.4, -0.2) is 49.7 Å². The van der Waals surface area contributed by atoms with Gasteiger partial charge >= 0.3 is 0 Å². The molecule has 2 aliphatic rings. The first-order valence-corrected chi connectivity index (χ1v) is 12.3. The first-order chi connectivity index (χ1) is 14.3. The molecule has 2 amide bonds. The van der Waals surface area contributed by atoms with Gasteiger partial charge in [-0.05, 0) is 36.5 Å². The van der Waals surface area contributed by atoms with Crippen LogP contribution in [0.15, 0.2) is 54.6 Å². The number of fused-ring (bicyclic) bond motifs is 2. The van der Waals surface area contributed by atoms with Crippen molar-refractivity contribution in [3.05, 3.63) is 65.7 Å². The minimum absolute atomic E-state index is 0.0555. The van der Waals surface area contributed by atoms with Gasteiger partial charge in [-0.3, -0.25) is 9.59 Å². The summed E-state index contributed by atoms with van der Waals surface area (Å²) in [7, 11) is -3.24. The molecule has 1 N–H and O–H groups in total. The zero-order chi connectivity index (χ0) is 21.4. The van der Waals surface area contributed by atoms with Crippen LogP contribution in [0.4, 0.5) is 5.69 Å². The Hall–Kier alpha value is -2.67. The lowest BCUT2D eigenvalue weighted by Crippen LogP contribution is -2.49. The summed E-state index contributed by atoms with van der Waals surface area (Å²) >= 11 is 0. The summed E-state index contributed by atoms with van der Waals surface area (Å²) in [5.74, 6) is -0.448. The Morgan fingerprint density at radius 3 is 2.57 bits per heavy atom. The highest BCUT2D eigenvalue weighted by atomic mass is 32.2. The molecule has 2 atom stereocenters. The van der Waals surface area contributed by atoms with Crippen LogP contribution >= 0.6 is 0 Å². The van der Waals surface area contributed by atoms with E-state index >= 15 is 0 Å². The third-order valence-corrected chi connectivity index (χ3v) is 7.26. The van der Waals surface area contributed by atoms with Crippen molar-refractivity contribution in [3.8, 4) is 0 Å². The zero-order valence-corrected chi connectivity index (χ0v) is 17.8. The van der Waals surface area contributed by atoms with Gasteiger partial charge in [0.2, 0.25) is 11.8 Å². The molecule has 30 heavy (non-hydrogen) atoms. The van der Waals surface area contributed by atoms with E-state index in [1.807, 2.05) is 54.6 Å². The van der Waals surface area contributed by atoms with Crippen LogP contribution in [0.5, 0.6) is 0 Å². The molecule has 0 saturated carbocycles. The largest absolute Gasteiger partial charge is 0.338 e. The second-order valence-corrected chi connectivity index (χ2v) is 10.5. The molecule has 2 aromatic rings. The number of sulfone groups is 1. The average Bonchev–Trinajstić information content (AvgIpc) is 3.24. The molecule has 7 heteroatoms. The number of hydrogen-bond acceptors (Lipinski definition) is 4. The van der Waals surface area contributed by atoms with Crippen LogP contribution in [0.3, 0.4) is 0 Å². The van der Waals surface area contributed by atoms with Gasteiger partial charge in [-0.25, -0.2) is 8.42 Å². The highest BCUT2D eigenvalue weighted by Crippen LogP contribution is 2.49. The van der Waals surface area contributed by atoms with Crippen molar-refractivity contribution in [2.75, 3.05) is 23.9 Å². The lowest BCUT2D eigenvalue weighted by molar-refractivity contribution is -0.133. The second kappa shape index (κ2) is 7.87. The lowest BCUT2D eigenvalue weighted by Gasteiger charge is -2.34. The Bertz CT molecular complexity index is 1070. The molecule has 2 heterocycles. The number of benzene rings is 2. The second-order valence-electron chi connectivity index (χ2n) is 8.23. The maximum Gasteiger partial charge on any atom is 0.237 e. The minimum Gasteiger partial charge on any atom is -0.338 e. The van der Waals surface area contributed by atoms with Gasteiger partial charge in [0.1, 0.15) is 9.84 Å². The Morgan fingerprint density at radius 2 is 1.83 bits per heavy atom. The number of nitrogens with zero attached hydrogens (tertiary/aromatic N) is 1. The third kappa shape index (κ3) is 3.74. The van der Waals surface area contributed by atoms with Crippen molar-refractivity contribution in [3.63, 3.8) is 0 Å². The molecular formula is C23H26N2O4S. The van der Waals surface area contributed by atoms with E-state index in [4.69, 9.17) is 0 Å². The van der Waals surface area contributed by atoms with Gasteiger partial charge in [0, 0.05) is 24.9 Å². The molecule has 6 nitrogen and oxygen atoms in total. The molecule has 1 fully saturated rings. The molecule has 0 radical (unpaired) electrons. The summed E-state index contributed by atoms with van der Waals surface area (Å²) in [6, 6.07) is 17.4. The summed E-state index contributed by atoms with van der Waals surface area (Å²) in [4.78, 5) is 28.0. The van der Waals surface area contributed by atoms with Crippen molar-refractivity contribution in [1.82, 2.24) is 4.90 Å². The minimum atomic E-state index is -3.24. The van der Waals surface area contributed by atoms with Crippen molar-refractivity contribution in [1.29, 1.82) is 0 Å². The standard InChI is InChI=1S/C23H26N2O4S/c1-30(28,29)16-13-21(26)25-15-14-23(18-9-5-6-10-19(18)24-22(23)27)20(25)12-11-17-7-3-2-4-8-17/h2-10,20H,11-16H2,1H3,(H,24,27)/t20-,23-/m0/s1. The van der Waals surface area contributed by atoms with E-state index in [1.54, 1.807) is 4.90 Å². The van der Waals surface area contributed by atoms with Crippen LogP contribution in [-0.2, 0) is 31.3 Å². The monoisotopic (exact) mass is 426 g/mol. The molecular weight excluding hydrogens is 400 g/mol. The molecule has 0 unspecified atom stereocenters. The number of anilines is 1. The molecule has 158 valence electrons. The van der Waals surface area contributed by atoms with E-state index < -0.39 is 15.3 Å². The number of amides is 2. The fourth-order valence-corrected chi connectivity index (χ4v) is 5.41. The predicted molar refractivity (Wildman–Crippen MR) is 116 cm³/mol. The summed E-state index contributed by atoms with van der Waals surface area (Å²) in [5.41, 5.74) is 2.10. The van der Waals surface area contributed by atoms with Crippen LogP contribution in [0.2, 0.25) is 0 Å². The van der Waals surface area contributed by atoms with E-state index in [0.717, 1.165) is 29.5 Å². The quantitative estimate of drug-likeness (QED) is 0.769. The van der Waals surface area contributed by atoms with Gasteiger partial charge in [-0.2, -0.15) is 0 Å². The number of rotatable bonds is 6. The van der Waals surface area contributed by atoms with Crippen molar-refractivity contribution in [2.45, 2.75) is 37.1 Å². The third-order valence-electron chi connectivity index (χ3n) is 6.31. The maximum absolute atomic E-state index is 13.2. The average molecular weight is 427 g/mol. The number of carbonyl (C=O) groups excluding carboxylic acids is 2. The molecule has 1 spiro atoms. The normalized spacial score (nSPS) is 22.9. The fraction of sp³-hybridized carbons (Fsp3) is 0.391. The highest BCUT2D eigenvalue weighted by molar-refractivity contribution is 7.90. The van der Waals surface area contributed by atoms with Crippen molar-refractivity contribution < 1.29 is 18.0 Å². The van der Waals surface area contributed by atoms with Gasteiger partial charge in [-0.15, -0.1) is 0 Å². The summed E-state index contributed by atoms with van der Waals surface area (Å²) < 4.78 is 23.1. The Balaban J connectivity index is 1.66.